The lowest BCUT2D eigenvalue weighted by molar-refractivity contribution is 0.112. The largest absolute Gasteiger partial charge is 0.447 e. The van der Waals surface area contributed by atoms with Crippen LogP contribution in [-0.4, -0.2) is 23.0 Å². The molecule has 1 aromatic carbocycles. The maximum absolute atomic E-state index is 10.7. The molecule has 8 heteroatoms. The minimum atomic E-state index is -0.797. The zero-order chi connectivity index (χ0) is 15.8. The molecule has 0 saturated heterocycles. The number of nitrogens with one attached hydrogen (secondary N) is 1. The molecule has 0 saturated carbocycles. The van der Waals surface area contributed by atoms with Gasteiger partial charge in [-0.1, -0.05) is 23.7 Å². The van der Waals surface area contributed by atoms with E-state index < -0.39 is 6.09 Å². The normalized spacial score (nSPS) is 12.6. The van der Waals surface area contributed by atoms with Crippen molar-refractivity contribution in [3.8, 4) is 0 Å². The Kier molecular flexibility index (Phi) is 6.90. The van der Waals surface area contributed by atoms with Gasteiger partial charge in [0.15, 0.2) is 5.11 Å². The number of amides is 1. The van der Waals surface area contributed by atoms with E-state index in [2.05, 4.69) is 10.5 Å². The van der Waals surface area contributed by atoms with Crippen LogP contribution >= 0.6 is 23.8 Å². The van der Waals surface area contributed by atoms with Crippen LogP contribution in [0.5, 0.6) is 0 Å². The first-order valence-corrected chi connectivity index (χ1v) is 7.01. The molecular weight excluding hydrogens is 312 g/mol. The van der Waals surface area contributed by atoms with Crippen molar-refractivity contribution in [2.24, 2.45) is 16.6 Å². The minimum absolute atomic E-state index is 0.0721. The third-order valence-electron chi connectivity index (χ3n) is 2.58. The predicted molar refractivity (Wildman–Crippen MR) is 87.3 cm³/mol. The monoisotopic (exact) mass is 328 g/mol. The molecule has 21 heavy (non-hydrogen) atoms. The molecule has 0 aliphatic heterocycles. The van der Waals surface area contributed by atoms with E-state index in [0.717, 1.165) is 11.3 Å². The van der Waals surface area contributed by atoms with Gasteiger partial charge in [-0.25, -0.2) is 4.79 Å². The summed E-state index contributed by atoms with van der Waals surface area (Å²) in [6.45, 7) is 1.76. The van der Waals surface area contributed by atoms with Crippen LogP contribution in [0.3, 0.4) is 0 Å². The van der Waals surface area contributed by atoms with Gasteiger partial charge in [0, 0.05) is 5.02 Å². The van der Waals surface area contributed by atoms with Gasteiger partial charge in [0.05, 0.1) is 5.71 Å². The lowest BCUT2D eigenvalue weighted by atomic mass is 10.0. The Morgan fingerprint density at radius 3 is 2.57 bits per heavy atom. The number of hydrogen-bond acceptors (Lipinski definition) is 4. The first kappa shape index (κ1) is 17.2. The van der Waals surface area contributed by atoms with Gasteiger partial charge >= 0.3 is 6.09 Å². The number of primary amides is 1. The molecule has 0 aliphatic carbocycles. The Labute approximate surface area is 133 Å². The SMILES string of the molecule is CC(CCC(=NNC(N)=S)c1ccc(Cl)cc1)OC(N)=O. The van der Waals surface area contributed by atoms with Crippen molar-refractivity contribution in [3.05, 3.63) is 34.9 Å². The van der Waals surface area contributed by atoms with Crippen LogP contribution in [0.2, 0.25) is 5.02 Å². The Hall–Kier alpha value is -1.86. The number of nitrogens with zero attached hydrogens (tertiary/aromatic N) is 1. The Morgan fingerprint density at radius 1 is 1.43 bits per heavy atom. The van der Waals surface area contributed by atoms with Gasteiger partial charge < -0.3 is 16.2 Å². The average Bonchev–Trinajstić information content (AvgIpc) is 2.39. The molecule has 0 spiro atoms. The lowest BCUT2D eigenvalue weighted by Crippen LogP contribution is -2.26. The molecule has 0 aliphatic rings. The highest BCUT2D eigenvalue weighted by Crippen LogP contribution is 2.14. The fourth-order valence-corrected chi connectivity index (χ4v) is 1.80. The van der Waals surface area contributed by atoms with E-state index in [4.69, 9.17) is 40.0 Å². The van der Waals surface area contributed by atoms with E-state index in [1.165, 1.54) is 0 Å². The number of halogens is 1. The van der Waals surface area contributed by atoms with Gasteiger partial charge in [0.2, 0.25) is 0 Å². The first-order chi connectivity index (χ1) is 9.88. The lowest BCUT2D eigenvalue weighted by Gasteiger charge is -2.13. The number of benzene rings is 1. The highest BCUT2D eigenvalue weighted by molar-refractivity contribution is 7.80. The van der Waals surface area contributed by atoms with Gasteiger partial charge in [0.1, 0.15) is 6.10 Å². The number of ether oxygens (including phenoxy) is 1. The summed E-state index contributed by atoms with van der Waals surface area (Å²) in [6, 6.07) is 7.19. The van der Waals surface area contributed by atoms with Crippen molar-refractivity contribution in [1.82, 2.24) is 5.43 Å². The van der Waals surface area contributed by atoms with E-state index in [1.54, 1.807) is 19.1 Å². The molecule has 1 rings (SSSR count). The molecule has 114 valence electrons. The molecule has 1 aromatic rings. The van der Waals surface area contributed by atoms with Crippen LogP contribution in [0.25, 0.3) is 0 Å². The Balaban J connectivity index is 2.78. The summed E-state index contributed by atoms with van der Waals surface area (Å²) in [6.07, 6.45) is -0.00618. The summed E-state index contributed by atoms with van der Waals surface area (Å²) in [7, 11) is 0. The van der Waals surface area contributed by atoms with Crippen molar-refractivity contribution in [2.75, 3.05) is 0 Å². The molecule has 0 fully saturated rings. The summed E-state index contributed by atoms with van der Waals surface area (Å²) >= 11 is 10.6. The molecule has 0 radical (unpaired) electrons. The number of nitrogens with two attached hydrogens (primary N) is 2. The summed E-state index contributed by atoms with van der Waals surface area (Å²) in [5.41, 5.74) is 14.5. The molecule has 0 bridgehead atoms. The first-order valence-electron chi connectivity index (χ1n) is 6.22. The van der Waals surface area contributed by atoms with Crippen LogP contribution < -0.4 is 16.9 Å². The van der Waals surface area contributed by atoms with Gasteiger partial charge in [0.25, 0.3) is 0 Å². The molecule has 1 atom stereocenters. The predicted octanol–water partition coefficient (Wildman–Crippen LogP) is 2.14. The molecule has 0 aromatic heterocycles. The van der Waals surface area contributed by atoms with E-state index in [-0.39, 0.29) is 11.2 Å². The summed E-state index contributed by atoms with van der Waals surface area (Å²) in [5, 5.41) is 4.86. The smallest absolute Gasteiger partial charge is 0.404 e. The number of hydrazone groups is 1. The molecule has 5 N–H and O–H groups in total. The molecule has 1 unspecified atom stereocenters. The van der Waals surface area contributed by atoms with Crippen LogP contribution in [0.15, 0.2) is 29.4 Å². The van der Waals surface area contributed by atoms with E-state index in [9.17, 15) is 4.79 Å². The van der Waals surface area contributed by atoms with E-state index >= 15 is 0 Å². The van der Waals surface area contributed by atoms with Crippen molar-refractivity contribution >= 4 is 40.7 Å². The number of carbonyl (C=O) groups is 1. The molecule has 0 heterocycles. The second-order valence-electron chi connectivity index (χ2n) is 4.33. The Bertz CT molecular complexity index is 533. The maximum Gasteiger partial charge on any atom is 0.404 e. The average molecular weight is 329 g/mol. The second-order valence-corrected chi connectivity index (χ2v) is 5.20. The summed E-state index contributed by atoms with van der Waals surface area (Å²) < 4.78 is 4.87. The van der Waals surface area contributed by atoms with Crippen LogP contribution in [0.1, 0.15) is 25.3 Å². The van der Waals surface area contributed by atoms with Crippen molar-refractivity contribution in [3.63, 3.8) is 0 Å². The summed E-state index contributed by atoms with van der Waals surface area (Å²) in [4.78, 5) is 10.7. The van der Waals surface area contributed by atoms with Gasteiger partial charge in [-0.05, 0) is 49.7 Å². The van der Waals surface area contributed by atoms with E-state index in [0.29, 0.717) is 17.9 Å². The standard InChI is InChI=1S/C13H17ClN4O2S/c1-8(20-13(16)19)2-7-11(17-18-12(15)21)9-3-5-10(14)6-4-9/h3-6,8H,2,7H2,1H3,(H2,16,19)(H3,15,18,21). The highest BCUT2D eigenvalue weighted by Gasteiger charge is 2.10. The van der Waals surface area contributed by atoms with Crippen LogP contribution in [0.4, 0.5) is 4.79 Å². The van der Waals surface area contributed by atoms with Crippen molar-refractivity contribution in [1.29, 1.82) is 0 Å². The highest BCUT2D eigenvalue weighted by atomic mass is 35.5. The van der Waals surface area contributed by atoms with Crippen LogP contribution in [-0.2, 0) is 4.74 Å². The van der Waals surface area contributed by atoms with Crippen molar-refractivity contribution in [2.45, 2.75) is 25.9 Å². The number of hydrogen-bond donors (Lipinski definition) is 3. The van der Waals surface area contributed by atoms with E-state index in [1.807, 2.05) is 12.1 Å². The number of thiocarbonyl (C=S) groups is 1. The summed E-state index contributed by atoms with van der Waals surface area (Å²) in [5.74, 6) is 0. The quantitative estimate of drug-likeness (QED) is 0.422. The minimum Gasteiger partial charge on any atom is -0.447 e. The van der Waals surface area contributed by atoms with Crippen molar-refractivity contribution < 1.29 is 9.53 Å². The van der Waals surface area contributed by atoms with Crippen LogP contribution in [0, 0.1) is 0 Å². The third-order valence-corrected chi connectivity index (χ3v) is 2.93. The van der Waals surface area contributed by atoms with Gasteiger partial charge in [-0.3, -0.25) is 5.43 Å². The fourth-order valence-electron chi connectivity index (χ4n) is 1.63. The second kappa shape index (κ2) is 8.43. The molecular formula is C13H17ClN4O2S. The van der Waals surface area contributed by atoms with Gasteiger partial charge in [-0.15, -0.1) is 0 Å². The zero-order valence-corrected chi connectivity index (χ0v) is 13.1. The third kappa shape index (κ3) is 6.92. The number of carbonyl (C=O) groups excluding carboxylic acids is 1. The topological polar surface area (TPSA) is 103 Å². The van der Waals surface area contributed by atoms with Gasteiger partial charge in [-0.2, -0.15) is 5.10 Å². The molecule has 6 nitrogen and oxygen atoms in total. The molecule has 1 amide bonds. The maximum atomic E-state index is 10.7. The number of rotatable bonds is 6. The Morgan fingerprint density at radius 2 is 2.05 bits per heavy atom. The fraction of sp³-hybridized carbons (Fsp3) is 0.308. The zero-order valence-electron chi connectivity index (χ0n) is 11.5.